The van der Waals surface area contributed by atoms with Crippen molar-refractivity contribution in [3.63, 3.8) is 0 Å². The van der Waals surface area contributed by atoms with Crippen LogP contribution in [0, 0.1) is 0 Å². The first kappa shape index (κ1) is 21.1. The zero-order chi connectivity index (χ0) is 22.5. The number of carbonyl (C=O) groups excluding carboxylic acids is 1. The van der Waals surface area contributed by atoms with Gasteiger partial charge in [0.2, 0.25) is 0 Å². The van der Waals surface area contributed by atoms with Crippen LogP contribution in [0.3, 0.4) is 0 Å². The monoisotopic (exact) mass is 428 g/mol. The van der Waals surface area contributed by atoms with Gasteiger partial charge in [0.15, 0.2) is 11.5 Å². The van der Waals surface area contributed by atoms with Gasteiger partial charge in [0, 0.05) is 24.2 Å². The predicted molar refractivity (Wildman–Crippen MR) is 122 cm³/mol. The second-order valence-corrected chi connectivity index (χ2v) is 7.22. The number of para-hydroxylation sites is 1. The zero-order valence-corrected chi connectivity index (χ0v) is 18.1. The van der Waals surface area contributed by atoms with Gasteiger partial charge in [-0.3, -0.25) is 9.78 Å². The molecule has 0 saturated carbocycles. The molecular weight excluding hydrogens is 404 g/mol. The van der Waals surface area contributed by atoms with Crippen LogP contribution in [0.5, 0.6) is 11.5 Å². The molecule has 2 aromatic carbocycles. The Morgan fingerprint density at radius 1 is 0.969 bits per heavy atom. The lowest BCUT2D eigenvalue weighted by Gasteiger charge is -2.14. The van der Waals surface area contributed by atoms with Crippen LogP contribution >= 0.6 is 0 Å². The maximum absolute atomic E-state index is 13.3. The van der Waals surface area contributed by atoms with Crippen molar-refractivity contribution in [3.8, 4) is 28.4 Å². The standard InChI is InChI=1S/C25H24N4O3/c1-17(18-11-13-26-14-12-18)27-25(30)21-16-29(20-7-5-4-6-8-20)28-24(21)19-9-10-22(31-2)23(15-19)32-3/h4-17H,1-3H3,(H,27,30). The number of amides is 1. The second kappa shape index (κ2) is 9.34. The van der Waals surface area contributed by atoms with Crippen molar-refractivity contribution in [2.75, 3.05) is 14.2 Å². The van der Waals surface area contributed by atoms with E-state index in [1.165, 1.54) is 0 Å². The number of rotatable bonds is 7. The van der Waals surface area contributed by atoms with E-state index in [0.29, 0.717) is 22.8 Å². The minimum absolute atomic E-state index is 0.191. The molecule has 4 rings (SSSR count). The lowest BCUT2D eigenvalue weighted by Crippen LogP contribution is -2.26. The molecule has 4 aromatic rings. The smallest absolute Gasteiger partial charge is 0.255 e. The first-order chi connectivity index (χ1) is 15.6. The maximum atomic E-state index is 13.3. The molecule has 2 heterocycles. The van der Waals surface area contributed by atoms with Crippen molar-refractivity contribution >= 4 is 5.91 Å². The van der Waals surface area contributed by atoms with Crippen molar-refractivity contribution in [1.82, 2.24) is 20.1 Å². The number of ether oxygens (including phenoxy) is 2. The fraction of sp³-hybridized carbons (Fsp3) is 0.160. The lowest BCUT2D eigenvalue weighted by molar-refractivity contribution is 0.0940. The molecule has 1 atom stereocenters. The van der Waals surface area contributed by atoms with Crippen LogP contribution in [0.1, 0.15) is 28.9 Å². The Morgan fingerprint density at radius 2 is 1.69 bits per heavy atom. The van der Waals surface area contributed by atoms with E-state index in [0.717, 1.165) is 16.8 Å². The Labute approximate surface area is 186 Å². The number of nitrogens with zero attached hydrogens (tertiary/aromatic N) is 3. The summed E-state index contributed by atoms with van der Waals surface area (Å²) in [6.07, 6.45) is 5.16. The molecule has 1 unspecified atom stereocenters. The molecule has 1 N–H and O–H groups in total. The summed E-state index contributed by atoms with van der Waals surface area (Å²) in [6, 6.07) is 18.7. The summed E-state index contributed by atoms with van der Waals surface area (Å²) < 4.78 is 12.5. The lowest BCUT2D eigenvalue weighted by atomic mass is 10.1. The largest absolute Gasteiger partial charge is 0.493 e. The molecule has 0 spiro atoms. The SMILES string of the molecule is COc1ccc(-c2nn(-c3ccccc3)cc2C(=O)NC(C)c2ccncc2)cc1OC. The van der Waals surface area contributed by atoms with Gasteiger partial charge in [0.05, 0.1) is 31.5 Å². The zero-order valence-electron chi connectivity index (χ0n) is 18.1. The number of hydrogen-bond donors (Lipinski definition) is 1. The molecule has 2 aromatic heterocycles. The highest BCUT2D eigenvalue weighted by Gasteiger charge is 2.21. The molecule has 0 aliphatic heterocycles. The van der Waals surface area contributed by atoms with Crippen LogP contribution in [0.15, 0.2) is 79.3 Å². The maximum Gasteiger partial charge on any atom is 0.255 e. The highest BCUT2D eigenvalue weighted by molar-refractivity contribution is 6.00. The molecule has 162 valence electrons. The Bertz CT molecular complexity index is 1210. The van der Waals surface area contributed by atoms with Crippen molar-refractivity contribution in [3.05, 3.63) is 90.4 Å². The summed E-state index contributed by atoms with van der Waals surface area (Å²) in [6.45, 7) is 1.94. The number of aromatic nitrogens is 3. The van der Waals surface area contributed by atoms with Gasteiger partial charge < -0.3 is 14.8 Å². The summed E-state index contributed by atoms with van der Waals surface area (Å²) >= 11 is 0. The van der Waals surface area contributed by atoms with Crippen molar-refractivity contribution in [2.24, 2.45) is 0 Å². The molecule has 0 saturated heterocycles. The van der Waals surface area contributed by atoms with Gasteiger partial charge >= 0.3 is 0 Å². The highest BCUT2D eigenvalue weighted by Crippen LogP contribution is 2.33. The highest BCUT2D eigenvalue weighted by atomic mass is 16.5. The summed E-state index contributed by atoms with van der Waals surface area (Å²) in [7, 11) is 3.16. The van der Waals surface area contributed by atoms with Crippen molar-refractivity contribution in [2.45, 2.75) is 13.0 Å². The third-order valence-electron chi connectivity index (χ3n) is 5.19. The minimum Gasteiger partial charge on any atom is -0.493 e. The molecule has 7 nitrogen and oxygen atoms in total. The van der Waals surface area contributed by atoms with Crippen molar-refractivity contribution in [1.29, 1.82) is 0 Å². The topological polar surface area (TPSA) is 78.3 Å². The number of hydrogen-bond acceptors (Lipinski definition) is 5. The van der Waals surface area contributed by atoms with E-state index < -0.39 is 0 Å². The molecule has 0 radical (unpaired) electrons. The predicted octanol–water partition coefficient (Wildman–Crippen LogP) is 4.44. The van der Waals surface area contributed by atoms with Crippen LogP contribution < -0.4 is 14.8 Å². The molecular formula is C25H24N4O3. The summed E-state index contributed by atoms with van der Waals surface area (Å²) in [5.74, 6) is 0.952. The summed E-state index contributed by atoms with van der Waals surface area (Å²) in [5, 5.41) is 7.79. The number of benzene rings is 2. The first-order valence-corrected chi connectivity index (χ1v) is 10.2. The van der Waals surface area contributed by atoms with Gasteiger partial charge in [0.1, 0.15) is 5.69 Å². The third-order valence-corrected chi connectivity index (χ3v) is 5.19. The van der Waals surface area contributed by atoms with Gasteiger partial charge in [-0.1, -0.05) is 18.2 Å². The first-order valence-electron chi connectivity index (χ1n) is 10.2. The van der Waals surface area contributed by atoms with Gasteiger partial charge in [0.25, 0.3) is 5.91 Å². The molecule has 1 amide bonds. The molecule has 0 aliphatic rings. The fourth-order valence-electron chi connectivity index (χ4n) is 3.46. The molecule has 0 bridgehead atoms. The second-order valence-electron chi connectivity index (χ2n) is 7.22. The quantitative estimate of drug-likeness (QED) is 0.471. The summed E-state index contributed by atoms with van der Waals surface area (Å²) in [5.41, 5.74) is 3.59. The number of carbonyl (C=O) groups is 1. The Hall–Kier alpha value is -4.13. The van der Waals surface area contributed by atoms with Gasteiger partial charge in [-0.05, 0) is 55.0 Å². The minimum atomic E-state index is -0.221. The molecule has 32 heavy (non-hydrogen) atoms. The van der Waals surface area contributed by atoms with E-state index in [9.17, 15) is 4.79 Å². The number of nitrogens with one attached hydrogen (secondary N) is 1. The molecule has 7 heteroatoms. The van der Waals surface area contributed by atoms with Crippen LogP contribution in [-0.4, -0.2) is 34.9 Å². The van der Waals surface area contributed by atoms with E-state index in [1.807, 2.05) is 61.5 Å². The normalized spacial score (nSPS) is 11.6. The van der Waals surface area contributed by atoms with Crippen LogP contribution in [0.4, 0.5) is 0 Å². The van der Waals surface area contributed by atoms with Crippen LogP contribution in [0.2, 0.25) is 0 Å². The van der Waals surface area contributed by atoms with Crippen molar-refractivity contribution < 1.29 is 14.3 Å². The molecule has 0 aliphatic carbocycles. The van der Waals surface area contributed by atoms with Gasteiger partial charge in [-0.15, -0.1) is 0 Å². The van der Waals surface area contributed by atoms with E-state index in [-0.39, 0.29) is 11.9 Å². The number of methoxy groups -OCH3 is 2. The molecule has 0 fully saturated rings. The van der Waals surface area contributed by atoms with E-state index in [1.54, 1.807) is 43.6 Å². The average molecular weight is 428 g/mol. The average Bonchev–Trinajstić information content (AvgIpc) is 3.30. The Kier molecular flexibility index (Phi) is 6.17. The van der Waals surface area contributed by atoms with Crippen LogP contribution in [0.25, 0.3) is 16.9 Å². The Morgan fingerprint density at radius 3 is 2.38 bits per heavy atom. The van der Waals surface area contributed by atoms with E-state index in [2.05, 4.69) is 10.3 Å². The van der Waals surface area contributed by atoms with Crippen LogP contribution in [-0.2, 0) is 0 Å². The van der Waals surface area contributed by atoms with Gasteiger partial charge in [-0.25, -0.2) is 4.68 Å². The third kappa shape index (κ3) is 4.32. The Balaban J connectivity index is 1.75. The van der Waals surface area contributed by atoms with Gasteiger partial charge in [-0.2, -0.15) is 5.10 Å². The summed E-state index contributed by atoms with van der Waals surface area (Å²) in [4.78, 5) is 17.3. The number of pyridine rings is 1. The van der Waals surface area contributed by atoms with E-state index >= 15 is 0 Å². The fourth-order valence-corrected chi connectivity index (χ4v) is 3.46. The van der Waals surface area contributed by atoms with E-state index in [4.69, 9.17) is 14.6 Å².